The summed E-state index contributed by atoms with van der Waals surface area (Å²) in [6.45, 7) is 0.686. The van der Waals surface area contributed by atoms with E-state index in [-0.39, 0.29) is 11.8 Å². The van der Waals surface area contributed by atoms with Crippen LogP contribution in [-0.4, -0.2) is 23.3 Å². The second-order valence-corrected chi connectivity index (χ2v) is 8.32. The summed E-state index contributed by atoms with van der Waals surface area (Å²) in [5.41, 5.74) is 0.376. The van der Waals surface area contributed by atoms with Crippen molar-refractivity contribution < 1.29 is 9.59 Å². The van der Waals surface area contributed by atoms with E-state index in [9.17, 15) is 9.59 Å². The van der Waals surface area contributed by atoms with Gasteiger partial charge in [0.2, 0.25) is 5.91 Å². The van der Waals surface area contributed by atoms with Crippen LogP contribution in [0.4, 0.5) is 5.13 Å². The van der Waals surface area contributed by atoms with Gasteiger partial charge >= 0.3 is 0 Å². The van der Waals surface area contributed by atoms with Gasteiger partial charge in [0.15, 0.2) is 5.13 Å². The van der Waals surface area contributed by atoms with E-state index in [4.69, 9.17) is 0 Å². The molecular weight excluding hydrogens is 342 g/mol. The van der Waals surface area contributed by atoms with E-state index in [1.54, 1.807) is 11.3 Å². The van der Waals surface area contributed by atoms with Crippen LogP contribution in [0.15, 0.2) is 17.5 Å². The number of aromatic nitrogens is 1. The Morgan fingerprint density at radius 3 is 2.88 bits per heavy atom. The quantitative estimate of drug-likeness (QED) is 0.881. The molecule has 0 unspecified atom stereocenters. The van der Waals surface area contributed by atoms with E-state index in [1.807, 2.05) is 11.4 Å². The molecule has 0 radical (unpaired) electrons. The van der Waals surface area contributed by atoms with E-state index < -0.39 is 5.41 Å². The number of thiazole rings is 1. The van der Waals surface area contributed by atoms with E-state index >= 15 is 0 Å². The maximum Gasteiger partial charge on any atom is 0.263 e. The smallest absolute Gasteiger partial charge is 0.263 e. The highest BCUT2D eigenvalue weighted by atomic mass is 32.1. The number of nitrogens with zero attached hydrogens (tertiary/aromatic N) is 1. The first-order valence-corrected chi connectivity index (χ1v) is 10.0. The van der Waals surface area contributed by atoms with E-state index in [0.29, 0.717) is 16.6 Å². The predicted octanol–water partition coefficient (Wildman–Crippen LogP) is 3.33. The zero-order chi connectivity index (χ0) is 16.6. The van der Waals surface area contributed by atoms with Gasteiger partial charge in [-0.15, -0.1) is 11.3 Å². The lowest BCUT2D eigenvalue weighted by atomic mass is 9.83. The standard InChI is InChI=1S/C17H19N3O2S2/c21-14-13-11(5-3-9-18-14)19-16(24-13)20-15(22)17(7-1-2-8-17)12-6-4-10-23-12/h4,6,10H,1-3,5,7-9H2,(H,18,21)(H,19,20,22). The van der Waals surface area contributed by atoms with Crippen molar-refractivity contribution >= 4 is 39.6 Å². The Kier molecular flexibility index (Phi) is 4.14. The van der Waals surface area contributed by atoms with Gasteiger partial charge in [0.25, 0.3) is 5.91 Å². The van der Waals surface area contributed by atoms with Crippen LogP contribution in [0, 0.1) is 0 Å². The Bertz CT molecular complexity index is 761. The molecule has 2 aliphatic rings. The van der Waals surface area contributed by atoms with E-state index in [0.717, 1.165) is 49.1 Å². The van der Waals surface area contributed by atoms with Crippen LogP contribution in [0.1, 0.15) is 52.3 Å². The van der Waals surface area contributed by atoms with Crippen molar-refractivity contribution in [3.05, 3.63) is 33.0 Å². The zero-order valence-corrected chi connectivity index (χ0v) is 14.9. The summed E-state index contributed by atoms with van der Waals surface area (Å²) in [7, 11) is 0. The third kappa shape index (κ3) is 2.65. The Morgan fingerprint density at radius 1 is 1.29 bits per heavy atom. The number of fused-ring (bicyclic) bond motifs is 1. The third-order valence-electron chi connectivity index (χ3n) is 4.88. The van der Waals surface area contributed by atoms with Gasteiger partial charge in [0, 0.05) is 11.4 Å². The summed E-state index contributed by atoms with van der Waals surface area (Å²) < 4.78 is 0. The first kappa shape index (κ1) is 15.8. The highest BCUT2D eigenvalue weighted by Gasteiger charge is 2.44. The molecule has 0 saturated heterocycles. The van der Waals surface area contributed by atoms with Gasteiger partial charge in [0.05, 0.1) is 11.1 Å². The lowest BCUT2D eigenvalue weighted by molar-refractivity contribution is -0.121. The largest absolute Gasteiger partial charge is 0.351 e. The molecule has 1 fully saturated rings. The molecule has 2 amide bonds. The highest BCUT2D eigenvalue weighted by Crippen LogP contribution is 2.44. The summed E-state index contributed by atoms with van der Waals surface area (Å²) in [4.78, 5) is 31.4. The minimum absolute atomic E-state index is 0.0202. The van der Waals surface area contributed by atoms with Gasteiger partial charge in [-0.3, -0.25) is 9.59 Å². The maximum absolute atomic E-state index is 13.1. The number of thiophene rings is 1. The highest BCUT2D eigenvalue weighted by molar-refractivity contribution is 7.17. The van der Waals surface area contributed by atoms with Crippen molar-refractivity contribution in [3.63, 3.8) is 0 Å². The Morgan fingerprint density at radius 2 is 2.12 bits per heavy atom. The predicted molar refractivity (Wildman–Crippen MR) is 95.9 cm³/mol. The number of carbonyl (C=O) groups excluding carboxylic acids is 2. The fourth-order valence-corrected chi connectivity index (χ4v) is 5.53. The molecule has 7 heteroatoms. The fraction of sp³-hybridized carbons (Fsp3) is 0.471. The lowest BCUT2D eigenvalue weighted by Crippen LogP contribution is -2.37. The number of rotatable bonds is 3. The van der Waals surface area contributed by atoms with Crippen molar-refractivity contribution in [1.29, 1.82) is 0 Å². The van der Waals surface area contributed by atoms with Gasteiger partial charge in [-0.25, -0.2) is 4.98 Å². The summed E-state index contributed by atoms with van der Waals surface area (Å²) in [6.07, 6.45) is 5.56. The molecular formula is C17H19N3O2S2. The van der Waals surface area contributed by atoms with Crippen molar-refractivity contribution in [2.45, 2.75) is 43.9 Å². The normalized spacial score (nSPS) is 19.4. The van der Waals surface area contributed by atoms with Crippen molar-refractivity contribution in [2.24, 2.45) is 0 Å². The SMILES string of the molecule is O=C1NCCCc2nc(NC(=O)C3(c4cccs4)CCCC3)sc21. The van der Waals surface area contributed by atoms with Crippen LogP contribution in [-0.2, 0) is 16.6 Å². The fourth-order valence-electron chi connectivity index (χ4n) is 3.62. The van der Waals surface area contributed by atoms with Crippen LogP contribution in [0.5, 0.6) is 0 Å². The molecule has 2 N–H and O–H groups in total. The second kappa shape index (κ2) is 6.29. The number of amides is 2. The van der Waals surface area contributed by atoms with Crippen molar-refractivity contribution in [1.82, 2.24) is 10.3 Å². The van der Waals surface area contributed by atoms with Gasteiger partial charge in [-0.2, -0.15) is 0 Å². The first-order valence-electron chi connectivity index (χ1n) is 8.32. The number of nitrogens with one attached hydrogen (secondary N) is 2. The molecule has 0 spiro atoms. The Balaban J connectivity index is 1.60. The van der Waals surface area contributed by atoms with Crippen LogP contribution >= 0.6 is 22.7 Å². The number of hydrogen-bond donors (Lipinski definition) is 2. The van der Waals surface area contributed by atoms with Gasteiger partial charge in [-0.1, -0.05) is 30.2 Å². The van der Waals surface area contributed by atoms with E-state index in [1.165, 1.54) is 11.3 Å². The van der Waals surface area contributed by atoms with Crippen LogP contribution in [0.25, 0.3) is 0 Å². The van der Waals surface area contributed by atoms with Crippen LogP contribution in [0.3, 0.4) is 0 Å². The minimum atomic E-state index is -0.431. The zero-order valence-electron chi connectivity index (χ0n) is 13.3. The number of hydrogen-bond acceptors (Lipinski definition) is 5. The lowest BCUT2D eigenvalue weighted by Gasteiger charge is -2.25. The summed E-state index contributed by atoms with van der Waals surface area (Å²) in [5.74, 6) is -0.0545. The maximum atomic E-state index is 13.1. The number of carbonyl (C=O) groups is 2. The number of anilines is 1. The average Bonchev–Trinajstić information content (AvgIpc) is 3.30. The second-order valence-electron chi connectivity index (χ2n) is 6.37. The summed E-state index contributed by atoms with van der Waals surface area (Å²) in [6, 6.07) is 4.06. The molecule has 4 rings (SSSR count). The summed E-state index contributed by atoms with van der Waals surface area (Å²) in [5, 5.41) is 8.45. The molecule has 2 aromatic rings. The van der Waals surface area contributed by atoms with Crippen molar-refractivity contribution in [2.75, 3.05) is 11.9 Å². The molecule has 3 heterocycles. The first-order chi connectivity index (χ1) is 11.7. The minimum Gasteiger partial charge on any atom is -0.351 e. The van der Waals surface area contributed by atoms with Crippen LogP contribution < -0.4 is 10.6 Å². The molecule has 5 nitrogen and oxygen atoms in total. The van der Waals surface area contributed by atoms with Gasteiger partial charge in [-0.05, 0) is 37.1 Å². The molecule has 0 atom stereocenters. The monoisotopic (exact) mass is 361 g/mol. The Hall–Kier alpha value is -1.73. The van der Waals surface area contributed by atoms with E-state index in [2.05, 4.69) is 21.7 Å². The average molecular weight is 361 g/mol. The number of aryl methyl sites for hydroxylation is 1. The van der Waals surface area contributed by atoms with Crippen molar-refractivity contribution in [3.8, 4) is 0 Å². The molecule has 2 aromatic heterocycles. The molecule has 0 bridgehead atoms. The molecule has 0 aromatic carbocycles. The molecule has 1 aliphatic carbocycles. The van der Waals surface area contributed by atoms with Gasteiger partial charge in [0.1, 0.15) is 4.88 Å². The molecule has 1 saturated carbocycles. The van der Waals surface area contributed by atoms with Crippen LogP contribution in [0.2, 0.25) is 0 Å². The molecule has 1 aliphatic heterocycles. The topological polar surface area (TPSA) is 71.1 Å². The van der Waals surface area contributed by atoms with Gasteiger partial charge < -0.3 is 10.6 Å². The molecule has 24 heavy (non-hydrogen) atoms. The molecule has 126 valence electrons. The third-order valence-corrected chi connectivity index (χ3v) is 6.97. The Labute approximate surface area is 148 Å². The summed E-state index contributed by atoms with van der Waals surface area (Å²) >= 11 is 2.93.